The number of methoxy groups -OCH3 is 2. The summed E-state index contributed by atoms with van der Waals surface area (Å²) < 4.78 is 26.0. The van der Waals surface area contributed by atoms with E-state index in [1.807, 2.05) is 6.92 Å². The van der Waals surface area contributed by atoms with Gasteiger partial charge in [-0.15, -0.1) is 0 Å². The second kappa shape index (κ2) is 8.18. The maximum Gasteiger partial charge on any atom is 0.167 e. The van der Waals surface area contributed by atoms with Gasteiger partial charge in [-0.1, -0.05) is 12.8 Å². The third-order valence-electron chi connectivity index (χ3n) is 4.35. The van der Waals surface area contributed by atoms with Crippen LogP contribution in [0.1, 0.15) is 37.3 Å². The fraction of sp³-hybridized carbons (Fsp3) is 0.476. The molecule has 1 aromatic rings. The Labute approximate surface area is 157 Å². The number of halogens is 1. The van der Waals surface area contributed by atoms with E-state index in [1.165, 1.54) is 20.3 Å². The molecule has 0 heterocycles. The van der Waals surface area contributed by atoms with E-state index in [2.05, 4.69) is 29.9 Å². The number of benzene rings is 1. The summed E-state index contributed by atoms with van der Waals surface area (Å²) in [6, 6.07) is 3.07. The predicted octanol–water partition coefficient (Wildman–Crippen LogP) is 4.58. The quantitative estimate of drug-likeness (QED) is 0.719. The maximum absolute atomic E-state index is 15.0. The summed E-state index contributed by atoms with van der Waals surface area (Å²) in [7, 11) is 1.98. The summed E-state index contributed by atoms with van der Waals surface area (Å²) in [6.07, 6.45) is 8.17. The Balaban J connectivity index is 2.66. The van der Waals surface area contributed by atoms with E-state index in [4.69, 9.17) is 9.47 Å². The van der Waals surface area contributed by atoms with E-state index in [1.54, 1.807) is 6.07 Å². The molecule has 26 heavy (non-hydrogen) atoms. The standard InChI is InChI=1S/C21H27FO3S/c1-7-15-8-9-17(23)20(21(15)25-3)19-16(22)12-14(13-18(19)24-2)10-11-26(4,5)6/h12-13,15H,7-9H2,1-6H3. The number of hydrogen-bond donors (Lipinski definition) is 0. The van der Waals surface area contributed by atoms with Crippen LogP contribution < -0.4 is 4.74 Å². The lowest BCUT2D eigenvalue weighted by Gasteiger charge is -2.27. The largest absolute Gasteiger partial charge is 0.500 e. The highest BCUT2D eigenvalue weighted by Crippen LogP contribution is 2.41. The smallest absolute Gasteiger partial charge is 0.167 e. The maximum atomic E-state index is 15.0. The van der Waals surface area contributed by atoms with Gasteiger partial charge in [0.15, 0.2) is 5.78 Å². The van der Waals surface area contributed by atoms with Crippen LogP contribution in [0.15, 0.2) is 17.9 Å². The van der Waals surface area contributed by atoms with Gasteiger partial charge in [0.1, 0.15) is 17.3 Å². The van der Waals surface area contributed by atoms with Crippen molar-refractivity contribution in [3.63, 3.8) is 0 Å². The Morgan fingerprint density at radius 2 is 1.92 bits per heavy atom. The van der Waals surface area contributed by atoms with Crippen molar-refractivity contribution < 1.29 is 18.7 Å². The van der Waals surface area contributed by atoms with Crippen molar-refractivity contribution in [1.82, 2.24) is 0 Å². The van der Waals surface area contributed by atoms with Crippen LogP contribution in [-0.2, 0) is 9.53 Å². The molecule has 5 heteroatoms. The average Bonchev–Trinajstić information content (AvgIpc) is 2.59. The SMILES string of the molecule is CCC1CCC(=O)C(c2c(F)cc(C#CS(C)(C)C)cc2OC)=C1OC. The van der Waals surface area contributed by atoms with Crippen molar-refractivity contribution in [2.24, 2.45) is 5.92 Å². The summed E-state index contributed by atoms with van der Waals surface area (Å²) in [6.45, 7) is 2.04. The lowest BCUT2D eigenvalue weighted by atomic mass is 9.82. The van der Waals surface area contributed by atoms with Crippen LogP contribution >= 0.6 is 10.0 Å². The van der Waals surface area contributed by atoms with Crippen LogP contribution in [0.2, 0.25) is 0 Å². The molecule has 0 aromatic heterocycles. The zero-order chi connectivity index (χ0) is 19.5. The van der Waals surface area contributed by atoms with Crippen LogP contribution in [0.4, 0.5) is 4.39 Å². The minimum atomic E-state index is -1.03. The van der Waals surface area contributed by atoms with Gasteiger partial charge in [-0.25, -0.2) is 4.39 Å². The molecule has 0 spiro atoms. The molecule has 0 saturated heterocycles. The first-order valence-corrected chi connectivity index (χ1v) is 11.5. The van der Waals surface area contributed by atoms with Crippen molar-refractivity contribution >= 4 is 21.4 Å². The molecule has 1 unspecified atom stereocenters. The van der Waals surface area contributed by atoms with Gasteiger partial charge in [0.2, 0.25) is 0 Å². The minimum absolute atomic E-state index is 0.110. The van der Waals surface area contributed by atoms with Gasteiger partial charge in [0.05, 0.1) is 25.4 Å². The Bertz CT molecular complexity index is 794. The minimum Gasteiger partial charge on any atom is -0.500 e. The van der Waals surface area contributed by atoms with Crippen LogP contribution in [0, 0.1) is 22.9 Å². The third-order valence-corrected chi connectivity index (χ3v) is 5.07. The van der Waals surface area contributed by atoms with E-state index < -0.39 is 15.8 Å². The normalized spacial score (nSPS) is 18.3. The van der Waals surface area contributed by atoms with Gasteiger partial charge in [-0.3, -0.25) is 4.79 Å². The van der Waals surface area contributed by atoms with Crippen molar-refractivity contribution in [2.75, 3.05) is 33.0 Å². The number of carbonyl (C=O) groups excluding carboxylic acids is 1. The zero-order valence-electron chi connectivity index (χ0n) is 16.4. The highest BCUT2D eigenvalue weighted by molar-refractivity contribution is 8.35. The average molecular weight is 379 g/mol. The zero-order valence-corrected chi connectivity index (χ0v) is 17.2. The van der Waals surface area contributed by atoms with Gasteiger partial charge in [0.25, 0.3) is 0 Å². The second-order valence-electron chi connectivity index (χ2n) is 7.11. The van der Waals surface area contributed by atoms with Gasteiger partial charge in [0, 0.05) is 17.9 Å². The predicted molar refractivity (Wildman–Crippen MR) is 107 cm³/mol. The molecule has 0 amide bonds. The van der Waals surface area contributed by atoms with Gasteiger partial charge in [-0.05, 0) is 49.0 Å². The fourth-order valence-corrected chi connectivity index (χ4v) is 3.52. The van der Waals surface area contributed by atoms with Crippen molar-refractivity contribution in [3.8, 4) is 16.9 Å². The molecule has 142 valence electrons. The van der Waals surface area contributed by atoms with Gasteiger partial charge >= 0.3 is 0 Å². The van der Waals surface area contributed by atoms with Gasteiger partial charge < -0.3 is 9.47 Å². The Hall–Kier alpha value is -1.93. The Morgan fingerprint density at radius 1 is 1.23 bits per heavy atom. The summed E-state index contributed by atoms with van der Waals surface area (Å²) in [5.74, 6) is 3.38. The van der Waals surface area contributed by atoms with E-state index in [0.717, 1.165) is 12.8 Å². The van der Waals surface area contributed by atoms with Crippen molar-refractivity contribution in [3.05, 3.63) is 34.8 Å². The lowest BCUT2D eigenvalue weighted by molar-refractivity contribution is -0.114. The molecule has 0 bridgehead atoms. The van der Waals surface area contributed by atoms with Crippen LogP contribution in [0.5, 0.6) is 5.75 Å². The fourth-order valence-electron chi connectivity index (χ4n) is 3.09. The molecule has 0 N–H and O–H groups in total. The van der Waals surface area contributed by atoms with Crippen molar-refractivity contribution in [2.45, 2.75) is 26.2 Å². The summed E-state index contributed by atoms with van der Waals surface area (Å²) in [5.41, 5.74) is 1.03. The number of carbonyl (C=O) groups is 1. The molecule has 0 fully saturated rings. The Kier molecular flexibility index (Phi) is 6.41. The first-order chi connectivity index (χ1) is 12.2. The lowest BCUT2D eigenvalue weighted by Crippen LogP contribution is -2.20. The molecule has 1 aliphatic rings. The molecule has 3 nitrogen and oxygen atoms in total. The van der Waals surface area contributed by atoms with E-state index >= 15 is 4.39 Å². The van der Waals surface area contributed by atoms with E-state index in [9.17, 15) is 4.79 Å². The molecule has 1 atom stereocenters. The molecule has 0 radical (unpaired) electrons. The van der Waals surface area contributed by atoms with E-state index in [-0.39, 0.29) is 17.3 Å². The van der Waals surface area contributed by atoms with Gasteiger partial charge in [-0.2, -0.15) is 10.0 Å². The molecule has 0 saturated carbocycles. The number of allylic oxidation sites excluding steroid dienone is 2. The number of hydrogen-bond acceptors (Lipinski definition) is 3. The number of ether oxygens (including phenoxy) is 2. The van der Waals surface area contributed by atoms with Crippen LogP contribution in [-0.4, -0.2) is 38.8 Å². The first-order valence-electron chi connectivity index (χ1n) is 8.62. The second-order valence-corrected chi connectivity index (χ2v) is 11.0. The summed E-state index contributed by atoms with van der Waals surface area (Å²) in [5, 5.41) is 3.17. The third kappa shape index (κ3) is 4.42. The first kappa shape index (κ1) is 20.4. The summed E-state index contributed by atoms with van der Waals surface area (Å²) >= 11 is 0. The molecular formula is C21H27FO3S. The Morgan fingerprint density at radius 3 is 2.46 bits per heavy atom. The molecular weight excluding hydrogens is 351 g/mol. The number of rotatable bonds is 4. The van der Waals surface area contributed by atoms with Crippen LogP contribution in [0.3, 0.4) is 0 Å². The highest BCUT2D eigenvalue weighted by atomic mass is 32.3. The number of Topliss-reactive ketones (excluding diaryl/α,β-unsaturated/α-hetero) is 1. The number of ketones is 1. The molecule has 2 rings (SSSR count). The highest BCUT2D eigenvalue weighted by Gasteiger charge is 2.33. The molecule has 1 aromatic carbocycles. The summed E-state index contributed by atoms with van der Waals surface area (Å²) in [4.78, 5) is 12.6. The molecule has 0 aliphatic heterocycles. The van der Waals surface area contributed by atoms with E-state index in [0.29, 0.717) is 29.1 Å². The monoisotopic (exact) mass is 378 g/mol. The topological polar surface area (TPSA) is 35.5 Å². The molecule has 1 aliphatic carbocycles. The van der Waals surface area contributed by atoms with Crippen molar-refractivity contribution in [1.29, 1.82) is 0 Å². The van der Waals surface area contributed by atoms with Crippen LogP contribution in [0.25, 0.3) is 5.57 Å².